The molecule has 2 N–H and O–H groups in total. The lowest BCUT2D eigenvalue weighted by Crippen LogP contribution is -2.15. The molecule has 0 aliphatic heterocycles. The highest BCUT2D eigenvalue weighted by Gasteiger charge is 2.08. The molecule has 0 spiro atoms. The second kappa shape index (κ2) is 9.73. The lowest BCUT2D eigenvalue weighted by atomic mass is 10.4. The highest BCUT2D eigenvalue weighted by molar-refractivity contribution is 5.69. The van der Waals surface area contributed by atoms with Crippen molar-refractivity contribution in [2.75, 3.05) is 36.9 Å². The Morgan fingerprint density at radius 2 is 1.67 bits per heavy atom. The number of ether oxygens (including phenoxy) is 2. The predicted octanol–water partition coefficient (Wildman–Crippen LogP) is 1.46. The monoisotopic (exact) mass is 297 g/mol. The summed E-state index contributed by atoms with van der Waals surface area (Å²) in [5.74, 6) is 0.568. The van der Waals surface area contributed by atoms with Gasteiger partial charge in [0.25, 0.3) is 0 Å². The molecule has 1 aromatic heterocycles. The van der Waals surface area contributed by atoms with Gasteiger partial charge in [-0.1, -0.05) is 6.92 Å². The minimum Gasteiger partial charge on any atom is -0.466 e. The van der Waals surface area contributed by atoms with Crippen LogP contribution in [0.25, 0.3) is 0 Å². The van der Waals surface area contributed by atoms with Gasteiger partial charge in [0.1, 0.15) is 0 Å². The van der Waals surface area contributed by atoms with Crippen LogP contribution in [0, 0.1) is 0 Å². The number of hydrogen-bond acceptors (Lipinski definition) is 8. The van der Waals surface area contributed by atoms with Crippen molar-refractivity contribution >= 4 is 17.9 Å². The summed E-state index contributed by atoms with van der Waals surface area (Å²) in [7, 11) is 0. The quantitative estimate of drug-likeness (QED) is 0.626. The maximum absolute atomic E-state index is 11.3. The zero-order valence-corrected chi connectivity index (χ0v) is 12.8. The standard InChI is InChI=1S/C13H23N5O3/c1-4-8-14-11-16-12(18-13(17-11)21-6-3)15-9-7-10(19)20-5-2/h4-9H2,1-3H3,(H2,14,15,16,17,18). The summed E-state index contributed by atoms with van der Waals surface area (Å²) in [4.78, 5) is 23.8. The van der Waals surface area contributed by atoms with Crippen LogP contribution in [0.4, 0.5) is 11.9 Å². The zero-order valence-electron chi connectivity index (χ0n) is 12.8. The van der Waals surface area contributed by atoms with E-state index in [1.165, 1.54) is 0 Å². The van der Waals surface area contributed by atoms with Crippen LogP contribution in [-0.2, 0) is 9.53 Å². The van der Waals surface area contributed by atoms with E-state index < -0.39 is 0 Å². The SMILES string of the molecule is CCCNc1nc(NCCC(=O)OCC)nc(OCC)n1. The molecule has 1 aromatic rings. The number of nitrogens with one attached hydrogen (secondary N) is 2. The number of carbonyl (C=O) groups excluding carboxylic acids is 1. The van der Waals surface area contributed by atoms with Gasteiger partial charge in [-0.25, -0.2) is 0 Å². The maximum Gasteiger partial charge on any atom is 0.323 e. The van der Waals surface area contributed by atoms with Crippen molar-refractivity contribution in [1.82, 2.24) is 15.0 Å². The van der Waals surface area contributed by atoms with E-state index >= 15 is 0 Å². The van der Waals surface area contributed by atoms with Gasteiger partial charge in [-0.3, -0.25) is 4.79 Å². The molecule has 8 nitrogen and oxygen atoms in total. The number of rotatable bonds is 10. The predicted molar refractivity (Wildman–Crippen MR) is 79.5 cm³/mol. The molecule has 0 radical (unpaired) electrons. The van der Waals surface area contributed by atoms with E-state index in [0.717, 1.165) is 13.0 Å². The van der Waals surface area contributed by atoms with Crippen LogP contribution < -0.4 is 15.4 Å². The van der Waals surface area contributed by atoms with Gasteiger partial charge in [-0.2, -0.15) is 15.0 Å². The Morgan fingerprint density at radius 1 is 1.00 bits per heavy atom. The molecule has 1 heterocycles. The second-order valence-electron chi connectivity index (χ2n) is 4.11. The summed E-state index contributed by atoms with van der Waals surface area (Å²) in [6.07, 6.45) is 1.21. The van der Waals surface area contributed by atoms with Crippen molar-refractivity contribution in [3.05, 3.63) is 0 Å². The van der Waals surface area contributed by atoms with Crippen LogP contribution in [-0.4, -0.2) is 47.2 Å². The van der Waals surface area contributed by atoms with Crippen LogP contribution in [0.1, 0.15) is 33.6 Å². The molecule has 0 amide bonds. The fourth-order valence-electron chi connectivity index (χ4n) is 1.45. The summed E-state index contributed by atoms with van der Waals surface area (Å²) in [6, 6.07) is 0.254. The first-order valence-corrected chi connectivity index (χ1v) is 7.21. The van der Waals surface area contributed by atoms with Crippen molar-refractivity contribution in [1.29, 1.82) is 0 Å². The van der Waals surface area contributed by atoms with E-state index in [9.17, 15) is 4.79 Å². The number of carbonyl (C=O) groups is 1. The normalized spacial score (nSPS) is 10.0. The molecule has 0 saturated heterocycles. The Balaban J connectivity index is 2.61. The Labute approximate surface area is 124 Å². The Kier molecular flexibility index (Phi) is 7.85. The minimum atomic E-state index is -0.256. The van der Waals surface area contributed by atoms with Crippen molar-refractivity contribution in [2.24, 2.45) is 0 Å². The Bertz CT molecular complexity index is 442. The van der Waals surface area contributed by atoms with Crippen LogP contribution in [0.5, 0.6) is 6.01 Å². The van der Waals surface area contributed by atoms with Gasteiger partial charge in [0.15, 0.2) is 0 Å². The van der Waals surface area contributed by atoms with E-state index in [2.05, 4.69) is 32.5 Å². The van der Waals surface area contributed by atoms with E-state index in [0.29, 0.717) is 31.7 Å². The summed E-state index contributed by atoms with van der Waals surface area (Å²) in [5.41, 5.74) is 0. The number of aromatic nitrogens is 3. The number of esters is 1. The average molecular weight is 297 g/mol. The third-order valence-corrected chi connectivity index (χ3v) is 2.34. The van der Waals surface area contributed by atoms with E-state index in [4.69, 9.17) is 9.47 Å². The molecule has 118 valence electrons. The zero-order chi connectivity index (χ0) is 15.5. The molecule has 0 bridgehead atoms. The van der Waals surface area contributed by atoms with Crippen LogP contribution >= 0.6 is 0 Å². The molecule has 8 heteroatoms. The molecular weight excluding hydrogens is 274 g/mol. The summed E-state index contributed by atoms with van der Waals surface area (Å²) < 4.78 is 10.1. The molecule has 0 atom stereocenters. The van der Waals surface area contributed by atoms with Gasteiger partial charge >= 0.3 is 12.0 Å². The fourth-order valence-corrected chi connectivity index (χ4v) is 1.45. The smallest absolute Gasteiger partial charge is 0.323 e. The molecule has 1 rings (SSSR count). The average Bonchev–Trinajstić information content (AvgIpc) is 2.45. The fraction of sp³-hybridized carbons (Fsp3) is 0.692. The topological polar surface area (TPSA) is 98.3 Å². The van der Waals surface area contributed by atoms with Gasteiger partial charge in [-0.15, -0.1) is 0 Å². The summed E-state index contributed by atoms with van der Waals surface area (Å²) >= 11 is 0. The third kappa shape index (κ3) is 6.73. The van der Waals surface area contributed by atoms with Gasteiger partial charge in [0.05, 0.1) is 19.6 Å². The summed E-state index contributed by atoms with van der Waals surface area (Å²) in [5, 5.41) is 6.05. The minimum absolute atomic E-state index is 0.251. The van der Waals surface area contributed by atoms with Crippen LogP contribution in [0.2, 0.25) is 0 Å². The molecule has 21 heavy (non-hydrogen) atoms. The van der Waals surface area contributed by atoms with Crippen molar-refractivity contribution < 1.29 is 14.3 Å². The maximum atomic E-state index is 11.3. The number of hydrogen-bond donors (Lipinski definition) is 2. The van der Waals surface area contributed by atoms with Crippen molar-refractivity contribution in [3.8, 4) is 6.01 Å². The number of anilines is 2. The van der Waals surface area contributed by atoms with Gasteiger partial charge < -0.3 is 20.1 Å². The summed E-state index contributed by atoms with van der Waals surface area (Å²) in [6.45, 7) is 7.69. The molecule has 0 unspecified atom stereocenters. The highest BCUT2D eigenvalue weighted by atomic mass is 16.5. The largest absolute Gasteiger partial charge is 0.466 e. The van der Waals surface area contributed by atoms with E-state index in [1.807, 2.05) is 6.92 Å². The molecule has 0 aliphatic carbocycles. The second-order valence-corrected chi connectivity index (χ2v) is 4.11. The lowest BCUT2D eigenvalue weighted by molar-refractivity contribution is -0.142. The van der Waals surface area contributed by atoms with E-state index in [-0.39, 0.29) is 18.4 Å². The highest BCUT2D eigenvalue weighted by Crippen LogP contribution is 2.11. The first kappa shape index (κ1) is 16.9. The Morgan fingerprint density at radius 3 is 2.24 bits per heavy atom. The van der Waals surface area contributed by atoms with Gasteiger partial charge in [-0.05, 0) is 20.3 Å². The molecule has 0 aromatic carbocycles. The Hall–Kier alpha value is -2.12. The van der Waals surface area contributed by atoms with Gasteiger partial charge in [0.2, 0.25) is 11.9 Å². The molecular formula is C13H23N5O3. The van der Waals surface area contributed by atoms with Crippen molar-refractivity contribution in [2.45, 2.75) is 33.6 Å². The first-order valence-electron chi connectivity index (χ1n) is 7.21. The molecule has 0 fully saturated rings. The third-order valence-electron chi connectivity index (χ3n) is 2.34. The van der Waals surface area contributed by atoms with Crippen LogP contribution in [0.15, 0.2) is 0 Å². The molecule has 0 aliphatic rings. The number of nitrogens with zero attached hydrogens (tertiary/aromatic N) is 3. The van der Waals surface area contributed by atoms with E-state index in [1.54, 1.807) is 6.92 Å². The molecule has 0 saturated carbocycles. The van der Waals surface area contributed by atoms with Gasteiger partial charge in [0, 0.05) is 13.1 Å². The van der Waals surface area contributed by atoms with Crippen molar-refractivity contribution in [3.63, 3.8) is 0 Å². The first-order chi connectivity index (χ1) is 10.2. The lowest BCUT2D eigenvalue weighted by Gasteiger charge is -2.09. The van der Waals surface area contributed by atoms with Crippen LogP contribution in [0.3, 0.4) is 0 Å².